The summed E-state index contributed by atoms with van der Waals surface area (Å²) in [6.07, 6.45) is 0. The van der Waals surface area contributed by atoms with Crippen LogP contribution in [-0.4, -0.2) is 18.6 Å². The number of hydrogen-bond acceptors (Lipinski definition) is 6. The highest BCUT2D eigenvalue weighted by Gasteiger charge is 2.21. The van der Waals surface area contributed by atoms with Crippen LogP contribution >= 0.6 is 11.3 Å². The van der Waals surface area contributed by atoms with Gasteiger partial charge in [0.1, 0.15) is 10.8 Å². The van der Waals surface area contributed by atoms with E-state index in [9.17, 15) is 12.8 Å². The SMILES string of the molecule is Cc1ccc(S(=O)(=O)NC(C)c2nnc(Nc3ccc(F)cc3)s2)cc1. The summed E-state index contributed by atoms with van der Waals surface area (Å²) in [5.41, 5.74) is 1.65. The van der Waals surface area contributed by atoms with Crippen LogP contribution in [0.2, 0.25) is 0 Å². The van der Waals surface area contributed by atoms with Crippen LogP contribution in [0.4, 0.5) is 15.2 Å². The second-order valence-electron chi connectivity index (χ2n) is 5.73. The van der Waals surface area contributed by atoms with Gasteiger partial charge >= 0.3 is 0 Å². The molecule has 1 unspecified atom stereocenters. The lowest BCUT2D eigenvalue weighted by molar-refractivity contribution is 0.565. The summed E-state index contributed by atoms with van der Waals surface area (Å²) < 4.78 is 40.4. The summed E-state index contributed by atoms with van der Waals surface area (Å²) in [7, 11) is -3.65. The number of benzene rings is 2. The van der Waals surface area contributed by atoms with Gasteiger partial charge in [0.2, 0.25) is 15.2 Å². The lowest BCUT2D eigenvalue weighted by Crippen LogP contribution is -2.26. The third-order valence-electron chi connectivity index (χ3n) is 3.57. The van der Waals surface area contributed by atoms with Gasteiger partial charge in [-0.25, -0.2) is 17.5 Å². The molecule has 1 aromatic heterocycles. The van der Waals surface area contributed by atoms with E-state index >= 15 is 0 Å². The Morgan fingerprint density at radius 1 is 1.04 bits per heavy atom. The molecular formula is C17H17FN4O2S2. The Kier molecular flexibility index (Phi) is 5.30. The highest BCUT2D eigenvalue weighted by molar-refractivity contribution is 7.89. The maximum absolute atomic E-state index is 12.9. The first-order valence-electron chi connectivity index (χ1n) is 7.78. The van der Waals surface area contributed by atoms with E-state index in [2.05, 4.69) is 20.2 Å². The van der Waals surface area contributed by atoms with Crippen LogP contribution in [0.1, 0.15) is 23.5 Å². The Labute approximate surface area is 155 Å². The van der Waals surface area contributed by atoms with Gasteiger partial charge in [-0.3, -0.25) is 0 Å². The van der Waals surface area contributed by atoms with Crippen molar-refractivity contribution in [3.8, 4) is 0 Å². The molecule has 0 aliphatic rings. The Morgan fingerprint density at radius 3 is 2.35 bits per heavy atom. The van der Waals surface area contributed by atoms with Crippen LogP contribution in [0.5, 0.6) is 0 Å². The quantitative estimate of drug-likeness (QED) is 0.667. The van der Waals surface area contributed by atoms with Gasteiger partial charge in [0.15, 0.2) is 0 Å². The minimum atomic E-state index is -3.65. The average Bonchev–Trinajstić information content (AvgIpc) is 3.06. The van der Waals surface area contributed by atoms with Gasteiger partial charge in [0.05, 0.1) is 10.9 Å². The molecule has 2 N–H and O–H groups in total. The van der Waals surface area contributed by atoms with E-state index < -0.39 is 16.1 Å². The lowest BCUT2D eigenvalue weighted by Gasteiger charge is -2.11. The third-order valence-corrected chi connectivity index (χ3v) is 6.15. The van der Waals surface area contributed by atoms with Crippen molar-refractivity contribution in [1.29, 1.82) is 0 Å². The number of aromatic nitrogens is 2. The summed E-state index contributed by atoms with van der Waals surface area (Å²) in [6, 6.07) is 11.9. The molecule has 0 aliphatic carbocycles. The molecular weight excluding hydrogens is 375 g/mol. The van der Waals surface area contributed by atoms with E-state index in [-0.39, 0.29) is 10.7 Å². The zero-order valence-electron chi connectivity index (χ0n) is 14.1. The van der Waals surface area contributed by atoms with Gasteiger partial charge in [0, 0.05) is 5.69 Å². The van der Waals surface area contributed by atoms with Gasteiger partial charge in [-0.2, -0.15) is 0 Å². The molecule has 3 aromatic rings. The van der Waals surface area contributed by atoms with Crippen molar-refractivity contribution in [3.63, 3.8) is 0 Å². The number of aryl methyl sites for hydroxylation is 1. The number of nitrogens with one attached hydrogen (secondary N) is 2. The summed E-state index contributed by atoms with van der Waals surface area (Å²) in [5.74, 6) is -0.326. The van der Waals surface area contributed by atoms with Crippen LogP contribution in [0.25, 0.3) is 0 Å². The van der Waals surface area contributed by atoms with Crippen molar-refractivity contribution < 1.29 is 12.8 Å². The summed E-state index contributed by atoms with van der Waals surface area (Å²) in [5, 5.41) is 12.0. The molecule has 2 aromatic carbocycles. The van der Waals surface area contributed by atoms with E-state index in [1.165, 1.54) is 23.5 Å². The Morgan fingerprint density at radius 2 is 1.69 bits per heavy atom. The normalized spacial score (nSPS) is 12.7. The summed E-state index contributed by atoms with van der Waals surface area (Å²) >= 11 is 1.22. The molecule has 0 amide bonds. The number of hydrogen-bond donors (Lipinski definition) is 2. The minimum Gasteiger partial charge on any atom is -0.330 e. The molecule has 6 nitrogen and oxygen atoms in total. The van der Waals surface area contributed by atoms with Crippen LogP contribution in [0.15, 0.2) is 53.4 Å². The monoisotopic (exact) mass is 392 g/mol. The molecule has 0 aliphatic heterocycles. The highest BCUT2D eigenvalue weighted by Crippen LogP contribution is 2.26. The molecule has 0 radical (unpaired) electrons. The largest absolute Gasteiger partial charge is 0.330 e. The van der Waals surface area contributed by atoms with Crippen molar-refractivity contribution in [1.82, 2.24) is 14.9 Å². The molecule has 0 fully saturated rings. The van der Waals surface area contributed by atoms with E-state index in [4.69, 9.17) is 0 Å². The van der Waals surface area contributed by atoms with Crippen LogP contribution < -0.4 is 10.0 Å². The lowest BCUT2D eigenvalue weighted by atomic mass is 10.2. The van der Waals surface area contributed by atoms with Gasteiger partial charge in [-0.05, 0) is 50.2 Å². The molecule has 0 bridgehead atoms. The molecule has 9 heteroatoms. The minimum absolute atomic E-state index is 0.198. The van der Waals surface area contributed by atoms with Crippen molar-refractivity contribution in [2.75, 3.05) is 5.32 Å². The van der Waals surface area contributed by atoms with Crippen molar-refractivity contribution in [3.05, 3.63) is 64.9 Å². The maximum Gasteiger partial charge on any atom is 0.241 e. The van der Waals surface area contributed by atoms with Gasteiger partial charge in [0.25, 0.3) is 0 Å². The number of rotatable bonds is 6. The first-order chi connectivity index (χ1) is 12.3. The summed E-state index contributed by atoms with van der Waals surface area (Å²) in [6.45, 7) is 3.59. The fourth-order valence-corrected chi connectivity index (χ4v) is 4.23. The predicted octanol–water partition coefficient (Wildman–Crippen LogP) is 3.77. The smallest absolute Gasteiger partial charge is 0.241 e. The van der Waals surface area contributed by atoms with Crippen molar-refractivity contribution in [2.24, 2.45) is 0 Å². The van der Waals surface area contributed by atoms with Crippen LogP contribution in [-0.2, 0) is 10.0 Å². The average molecular weight is 392 g/mol. The fraction of sp³-hybridized carbons (Fsp3) is 0.176. The molecule has 3 rings (SSSR count). The molecule has 1 heterocycles. The van der Waals surface area contributed by atoms with Gasteiger partial charge in [-0.1, -0.05) is 29.0 Å². The van der Waals surface area contributed by atoms with Gasteiger partial charge in [-0.15, -0.1) is 10.2 Å². The molecule has 26 heavy (non-hydrogen) atoms. The second kappa shape index (κ2) is 7.48. The summed E-state index contributed by atoms with van der Waals surface area (Å²) in [4.78, 5) is 0.198. The Balaban J connectivity index is 1.70. The molecule has 0 saturated carbocycles. The zero-order valence-corrected chi connectivity index (χ0v) is 15.7. The molecule has 1 atom stereocenters. The van der Waals surface area contributed by atoms with Crippen LogP contribution in [0, 0.1) is 12.7 Å². The van der Waals surface area contributed by atoms with E-state index in [0.717, 1.165) is 5.56 Å². The molecule has 136 valence electrons. The molecule has 0 spiro atoms. The Bertz CT molecular complexity index is 986. The standard InChI is InChI=1S/C17H17FN4O2S2/c1-11-3-9-15(10-4-11)26(23,24)22-12(2)16-20-21-17(25-16)19-14-7-5-13(18)6-8-14/h3-10,12,22H,1-2H3,(H,19,21). The van der Waals surface area contributed by atoms with Crippen molar-refractivity contribution >= 4 is 32.2 Å². The first-order valence-corrected chi connectivity index (χ1v) is 10.1. The second-order valence-corrected chi connectivity index (χ2v) is 8.46. The number of sulfonamides is 1. The predicted molar refractivity (Wildman–Crippen MR) is 99.5 cm³/mol. The van der Waals surface area contributed by atoms with E-state index in [0.29, 0.717) is 15.8 Å². The van der Waals surface area contributed by atoms with E-state index in [1.54, 1.807) is 43.3 Å². The molecule has 0 saturated heterocycles. The third kappa shape index (κ3) is 4.43. The highest BCUT2D eigenvalue weighted by atomic mass is 32.2. The topological polar surface area (TPSA) is 84.0 Å². The van der Waals surface area contributed by atoms with E-state index in [1.807, 2.05) is 6.92 Å². The number of anilines is 2. The fourth-order valence-electron chi connectivity index (χ4n) is 2.19. The zero-order chi connectivity index (χ0) is 18.7. The maximum atomic E-state index is 12.9. The number of halogens is 1. The first kappa shape index (κ1) is 18.4. The van der Waals surface area contributed by atoms with Crippen molar-refractivity contribution in [2.45, 2.75) is 24.8 Å². The van der Waals surface area contributed by atoms with Gasteiger partial charge < -0.3 is 5.32 Å². The number of nitrogens with zero attached hydrogens (tertiary/aromatic N) is 2. The van der Waals surface area contributed by atoms with Crippen LogP contribution in [0.3, 0.4) is 0 Å². The Hall–Kier alpha value is -2.36.